The van der Waals surface area contributed by atoms with Crippen LogP contribution in [0, 0.1) is 17.8 Å². The lowest BCUT2D eigenvalue weighted by atomic mass is 9.79. The van der Waals surface area contributed by atoms with Crippen LogP contribution in [0.1, 0.15) is 104 Å². The molecule has 1 heteroatoms. The van der Waals surface area contributed by atoms with Crippen LogP contribution in [0.15, 0.2) is 12.2 Å². The zero-order valence-electron chi connectivity index (χ0n) is 16.5. The second-order valence-corrected chi connectivity index (χ2v) is 8.47. The van der Waals surface area contributed by atoms with Crippen LogP contribution in [0.3, 0.4) is 0 Å². The lowest BCUT2D eigenvalue weighted by Gasteiger charge is -2.28. The molecular formula is C23H42O. The van der Waals surface area contributed by atoms with Gasteiger partial charge in [-0.1, -0.05) is 64.5 Å². The Morgan fingerprint density at radius 3 is 2.08 bits per heavy atom. The molecular weight excluding hydrogens is 292 g/mol. The van der Waals surface area contributed by atoms with E-state index in [9.17, 15) is 0 Å². The third-order valence-corrected chi connectivity index (χ3v) is 6.43. The van der Waals surface area contributed by atoms with Crippen molar-refractivity contribution in [3.8, 4) is 0 Å². The van der Waals surface area contributed by atoms with Gasteiger partial charge in [0.05, 0.1) is 12.7 Å². The van der Waals surface area contributed by atoms with E-state index in [2.05, 4.69) is 26.0 Å². The van der Waals surface area contributed by atoms with Crippen LogP contribution in [-0.2, 0) is 4.74 Å². The zero-order chi connectivity index (χ0) is 17.0. The fourth-order valence-corrected chi connectivity index (χ4v) is 4.79. The molecule has 0 heterocycles. The smallest absolute Gasteiger partial charge is 0.0651 e. The van der Waals surface area contributed by atoms with Gasteiger partial charge in [0.25, 0.3) is 0 Å². The molecule has 2 rings (SSSR count). The summed E-state index contributed by atoms with van der Waals surface area (Å²) >= 11 is 0. The first kappa shape index (κ1) is 20.0. The van der Waals surface area contributed by atoms with Gasteiger partial charge < -0.3 is 4.74 Å². The average molecular weight is 335 g/mol. The van der Waals surface area contributed by atoms with Crippen LogP contribution in [-0.4, -0.2) is 12.7 Å². The van der Waals surface area contributed by atoms with Gasteiger partial charge >= 0.3 is 0 Å². The van der Waals surface area contributed by atoms with Crippen molar-refractivity contribution in [2.24, 2.45) is 17.8 Å². The number of rotatable bonds is 10. The summed E-state index contributed by atoms with van der Waals surface area (Å²) in [6.45, 7) is 5.46. The maximum atomic E-state index is 6.10. The molecule has 0 amide bonds. The lowest BCUT2D eigenvalue weighted by Crippen LogP contribution is -2.21. The molecule has 0 N–H and O–H groups in total. The van der Waals surface area contributed by atoms with Gasteiger partial charge in [-0.15, -0.1) is 0 Å². The van der Waals surface area contributed by atoms with Crippen LogP contribution < -0.4 is 0 Å². The Balaban J connectivity index is 1.51. The topological polar surface area (TPSA) is 9.23 Å². The summed E-state index contributed by atoms with van der Waals surface area (Å²) in [7, 11) is 0. The first-order valence-electron chi connectivity index (χ1n) is 11.1. The van der Waals surface area contributed by atoms with E-state index in [1.54, 1.807) is 0 Å². The molecule has 0 saturated heterocycles. The highest BCUT2D eigenvalue weighted by Gasteiger charge is 2.21. The van der Waals surface area contributed by atoms with Crippen LogP contribution in [0.4, 0.5) is 0 Å². The van der Waals surface area contributed by atoms with E-state index in [-0.39, 0.29) is 0 Å². The van der Waals surface area contributed by atoms with Crippen molar-refractivity contribution < 1.29 is 4.74 Å². The number of unbranched alkanes of at least 4 members (excludes halogenated alkanes) is 2. The Labute approximate surface area is 151 Å². The van der Waals surface area contributed by atoms with Gasteiger partial charge in [-0.25, -0.2) is 0 Å². The van der Waals surface area contributed by atoms with Crippen molar-refractivity contribution in [3.63, 3.8) is 0 Å². The predicted molar refractivity (Wildman–Crippen MR) is 105 cm³/mol. The van der Waals surface area contributed by atoms with Crippen LogP contribution >= 0.6 is 0 Å². The maximum absolute atomic E-state index is 6.10. The van der Waals surface area contributed by atoms with Gasteiger partial charge in [-0.3, -0.25) is 0 Å². The number of allylic oxidation sites excluding steroid dienone is 1. The molecule has 0 aliphatic heterocycles. The molecule has 0 aromatic heterocycles. The SMILES string of the molecule is CCCCCC1CCC(C=CCOC2CCC(CCC)CC2)CC1. The van der Waals surface area contributed by atoms with Crippen molar-refractivity contribution in [1.82, 2.24) is 0 Å². The highest BCUT2D eigenvalue weighted by Crippen LogP contribution is 2.33. The molecule has 2 aliphatic carbocycles. The van der Waals surface area contributed by atoms with Crippen molar-refractivity contribution in [1.29, 1.82) is 0 Å². The Hall–Kier alpha value is -0.300. The standard InChI is InChI=1S/C23H42O/c1-3-5-6-9-21-11-13-22(14-12-21)10-7-19-24-23-17-15-20(8-4-2)16-18-23/h7,10,20-23H,3-6,8-9,11-19H2,1-2H3. The molecule has 0 unspecified atom stereocenters. The minimum Gasteiger partial charge on any atom is -0.374 e. The molecule has 140 valence electrons. The van der Waals surface area contributed by atoms with Crippen molar-refractivity contribution in [2.45, 2.75) is 110 Å². The van der Waals surface area contributed by atoms with Gasteiger partial charge in [0.1, 0.15) is 0 Å². The van der Waals surface area contributed by atoms with Crippen LogP contribution in [0.5, 0.6) is 0 Å². The quantitative estimate of drug-likeness (QED) is 0.301. The molecule has 2 saturated carbocycles. The summed E-state index contributed by atoms with van der Waals surface area (Å²) in [6, 6.07) is 0. The summed E-state index contributed by atoms with van der Waals surface area (Å²) in [6.07, 6.45) is 24.9. The summed E-state index contributed by atoms with van der Waals surface area (Å²) in [5, 5.41) is 0. The van der Waals surface area contributed by atoms with E-state index in [1.165, 1.54) is 89.9 Å². The van der Waals surface area contributed by atoms with Gasteiger partial charge in [0.2, 0.25) is 0 Å². The van der Waals surface area contributed by atoms with E-state index >= 15 is 0 Å². The fourth-order valence-electron chi connectivity index (χ4n) is 4.79. The maximum Gasteiger partial charge on any atom is 0.0651 e. The number of hydrogen-bond donors (Lipinski definition) is 0. The molecule has 0 aromatic carbocycles. The number of hydrogen-bond acceptors (Lipinski definition) is 1. The Bertz CT molecular complexity index is 319. The third kappa shape index (κ3) is 7.72. The summed E-state index contributed by atoms with van der Waals surface area (Å²) in [5.41, 5.74) is 0. The van der Waals surface area contributed by atoms with Gasteiger partial charge in [-0.2, -0.15) is 0 Å². The normalized spacial score (nSPS) is 31.6. The van der Waals surface area contributed by atoms with E-state index in [0.717, 1.165) is 24.4 Å². The molecule has 2 fully saturated rings. The second-order valence-electron chi connectivity index (χ2n) is 8.47. The van der Waals surface area contributed by atoms with E-state index in [1.807, 2.05) is 0 Å². The molecule has 0 aromatic rings. The van der Waals surface area contributed by atoms with E-state index < -0.39 is 0 Å². The van der Waals surface area contributed by atoms with Gasteiger partial charge in [0.15, 0.2) is 0 Å². The minimum absolute atomic E-state index is 0.539. The third-order valence-electron chi connectivity index (χ3n) is 6.43. The minimum atomic E-state index is 0.539. The summed E-state index contributed by atoms with van der Waals surface area (Å²) in [5.74, 6) is 2.84. The molecule has 24 heavy (non-hydrogen) atoms. The molecule has 0 radical (unpaired) electrons. The van der Waals surface area contributed by atoms with Crippen LogP contribution in [0.2, 0.25) is 0 Å². The predicted octanol–water partition coefficient (Wildman–Crippen LogP) is 7.30. The molecule has 2 aliphatic rings. The highest BCUT2D eigenvalue weighted by molar-refractivity contribution is 4.91. The Kier molecular flexibility index (Phi) is 10.1. The first-order valence-corrected chi connectivity index (χ1v) is 11.1. The summed E-state index contributed by atoms with van der Waals surface area (Å²) < 4.78 is 6.10. The zero-order valence-corrected chi connectivity index (χ0v) is 16.5. The highest BCUT2D eigenvalue weighted by atomic mass is 16.5. The van der Waals surface area contributed by atoms with Crippen LogP contribution in [0.25, 0.3) is 0 Å². The van der Waals surface area contributed by atoms with Crippen molar-refractivity contribution in [2.75, 3.05) is 6.61 Å². The fraction of sp³-hybridized carbons (Fsp3) is 0.913. The monoisotopic (exact) mass is 334 g/mol. The largest absolute Gasteiger partial charge is 0.374 e. The lowest BCUT2D eigenvalue weighted by molar-refractivity contribution is 0.0333. The van der Waals surface area contributed by atoms with E-state index in [0.29, 0.717) is 6.10 Å². The summed E-state index contributed by atoms with van der Waals surface area (Å²) in [4.78, 5) is 0. The average Bonchev–Trinajstić information content (AvgIpc) is 2.62. The Morgan fingerprint density at radius 2 is 1.42 bits per heavy atom. The van der Waals surface area contributed by atoms with Gasteiger partial charge in [0, 0.05) is 0 Å². The van der Waals surface area contributed by atoms with Gasteiger partial charge in [-0.05, 0) is 69.1 Å². The Morgan fingerprint density at radius 1 is 0.750 bits per heavy atom. The molecule has 1 nitrogen and oxygen atoms in total. The molecule has 0 bridgehead atoms. The van der Waals surface area contributed by atoms with E-state index in [4.69, 9.17) is 4.74 Å². The molecule has 0 spiro atoms. The second kappa shape index (κ2) is 12.1. The molecule has 0 atom stereocenters. The van der Waals surface area contributed by atoms with Crippen molar-refractivity contribution >= 4 is 0 Å². The number of ether oxygens (including phenoxy) is 1. The van der Waals surface area contributed by atoms with Crippen molar-refractivity contribution in [3.05, 3.63) is 12.2 Å². The first-order chi connectivity index (χ1) is 11.8.